The summed E-state index contributed by atoms with van der Waals surface area (Å²) in [5.41, 5.74) is 1.38. The van der Waals surface area contributed by atoms with Crippen molar-refractivity contribution in [3.05, 3.63) is 36.0 Å². The normalized spacial score (nSPS) is 19.5. The van der Waals surface area contributed by atoms with Crippen LogP contribution in [0.5, 0.6) is 11.5 Å². The van der Waals surface area contributed by atoms with Crippen molar-refractivity contribution in [3.8, 4) is 22.8 Å². The van der Waals surface area contributed by atoms with Crippen molar-refractivity contribution in [2.45, 2.75) is 76.9 Å². The Morgan fingerprint density at radius 1 is 1.12 bits per heavy atom. The van der Waals surface area contributed by atoms with Crippen LogP contribution in [0, 0.1) is 6.92 Å². The Balaban J connectivity index is 1.63. The molecule has 33 heavy (non-hydrogen) atoms. The third-order valence-electron chi connectivity index (χ3n) is 6.25. The molecule has 2 fully saturated rings. The van der Waals surface area contributed by atoms with Crippen LogP contribution in [-0.4, -0.2) is 35.8 Å². The van der Waals surface area contributed by atoms with E-state index in [1.54, 1.807) is 25.1 Å². The molecule has 1 saturated carbocycles. The zero-order chi connectivity index (χ0) is 23.4. The minimum Gasteiger partial charge on any atom is -0.408 e. The largest absolute Gasteiger partial charge is 0.573 e. The maximum atomic E-state index is 13.0. The number of para-hydroxylation sites is 1. The highest BCUT2D eigenvalue weighted by Crippen LogP contribution is 2.38. The highest BCUT2D eigenvalue weighted by atomic mass is 19.4. The number of carbonyl (C=O) groups is 1. The average Bonchev–Trinajstić information content (AvgIpc) is 3.38. The molecule has 1 aromatic heterocycles. The van der Waals surface area contributed by atoms with Gasteiger partial charge in [-0.15, -0.1) is 13.2 Å². The number of carbonyl (C=O) groups excluding carboxylic acids is 1. The van der Waals surface area contributed by atoms with Gasteiger partial charge in [0.05, 0.1) is 17.5 Å². The first-order valence-electron chi connectivity index (χ1n) is 11.5. The first-order valence-corrected chi connectivity index (χ1v) is 11.5. The molecule has 1 saturated heterocycles. The monoisotopic (exact) mass is 466 g/mol. The summed E-state index contributed by atoms with van der Waals surface area (Å²) in [7, 11) is 0. The van der Waals surface area contributed by atoms with Crippen LogP contribution in [0.4, 0.5) is 18.0 Å². The van der Waals surface area contributed by atoms with E-state index in [1.807, 2.05) is 4.57 Å². The van der Waals surface area contributed by atoms with Gasteiger partial charge in [-0.3, -0.25) is 0 Å². The Bertz CT molecular complexity index is 961. The number of nitrogens with zero attached hydrogens (tertiary/aromatic N) is 1. The summed E-state index contributed by atoms with van der Waals surface area (Å²) in [5, 5.41) is 2.91. The molecule has 6 nitrogen and oxygen atoms in total. The van der Waals surface area contributed by atoms with Crippen molar-refractivity contribution in [2.24, 2.45) is 0 Å². The number of aromatic nitrogens is 1. The van der Waals surface area contributed by atoms with Crippen LogP contribution >= 0.6 is 0 Å². The second-order valence-corrected chi connectivity index (χ2v) is 8.64. The number of benzene rings is 1. The predicted octanol–water partition coefficient (Wildman–Crippen LogP) is 5.96. The molecule has 2 aliphatic rings. The van der Waals surface area contributed by atoms with Crippen molar-refractivity contribution < 1.29 is 32.2 Å². The molecule has 9 heteroatoms. The van der Waals surface area contributed by atoms with Gasteiger partial charge in [-0.2, -0.15) is 0 Å². The lowest BCUT2D eigenvalue weighted by atomic mass is 9.96. The van der Waals surface area contributed by atoms with E-state index in [1.165, 1.54) is 18.6 Å². The van der Waals surface area contributed by atoms with Gasteiger partial charge in [0.15, 0.2) is 5.75 Å². The molecule has 0 unspecified atom stereocenters. The number of ether oxygens (including phenoxy) is 3. The lowest BCUT2D eigenvalue weighted by Gasteiger charge is -2.22. The number of alkyl halides is 3. The zero-order valence-corrected chi connectivity index (χ0v) is 18.6. The van der Waals surface area contributed by atoms with Crippen LogP contribution in [0.1, 0.15) is 50.6 Å². The zero-order valence-electron chi connectivity index (χ0n) is 18.6. The molecule has 4 rings (SSSR count). The van der Waals surface area contributed by atoms with Crippen LogP contribution in [0.3, 0.4) is 0 Å². The molecular weight excluding hydrogens is 437 g/mol. The molecule has 1 aliphatic heterocycles. The summed E-state index contributed by atoms with van der Waals surface area (Å²) in [6.45, 7) is 2.88. The van der Waals surface area contributed by atoms with Crippen molar-refractivity contribution in [3.63, 3.8) is 0 Å². The number of halogens is 3. The summed E-state index contributed by atoms with van der Waals surface area (Å²) in [6.07, 6.45) is 1.50. The maximum Gasteiger partial charge on any atom is 0.573 e. The number of nitrogens with one attached hydrogen (secondary N) is 1. The summed E-state index contributed by atoms with van der Waals surface area (Å²) in [6, 6.07) is 7.66. The quantitative estimate of drug-likeness (QED) is 0.571. The van der Waals surface area contributed by atoms with Gasteiger partial charge in [0.2, 0.25) is 0 Å². The average molecular weight is 467 g/mol. The van der Waals surface area contributed by atoms with E-state index in [4.69, 9.17) is 9.47 Å². The molecule has 0 spiro atoms. The smallest absolute Gasteiger partial charge is 0.408 e. The van der Waals surface area contributed by atoms with E-state index < -0.39 is 12.5 Å². The lowest BCUT2D eigenvalue weighted by molar-refractivity contribution is -0.274. The van der Waals surface area contributed by atoms with Crippen LogP contribution in [-0.2, 0) is 11.3 Å². The van der Waals surface area contributed by atoms with Gasteiger partial charge in [-0.25, -0.2) is 4.79 Å². The van der Waals surface area contributed by atoms with Crippen LogP contribution in [0.25, 0.3) is 11.3 Å². The predicted molar refractivity (Wildman–Crippen MR) is 116 cm³/mol. The SMILES string of the molecule is Cc1c(OC(=O)NC2CCCCC2)cc(-c2ccccc2OC(F)(F)F)n1C[C@@H]1CCCO1. The van der Waals surface area contributed by atoms with Gasteiger partial charge in [0, 0.05) is 30.8 Å². The minimum atomic E-state index is -4.82. The third kappa shape index (κ3) is 6.01. The second kappa shape index (κ2) is 10.1. The van der Waals surface area contributed by atoms with E-state index in [0.29, 0.717) is 30.3 Å². The van der Waals surface area contributed by atoms with Gasteiger partial charge >= 0.3 is 12.5 Å². The fraction of sp³-hybridized carbons (Fsp3) is 0.542. The second-order valence-electron chi connectivity index (χ2n) is 8.64. The molecule has 2 aromatic rings. The van der Waals surface area contributed by atoms with Crippen molar-refractivity contribution in [2.75, 3.05) is 6.61 Å². The number of hydrogen-bond donors (Lipinski definition) is 1. The maximum absolute atomic E-state index is 13.0. The standard InChI is InChI=1S/C24H29F3N2O4/c1-16-22(32-23(30)28-17-8-3-2-4-9-17)14-20(29(16)15-18-10-7-13-31-18)19-11-5-6-12-21(19)33-24(25,26)27/h5-6,11-12,14,17-18H,2-4,7-10,13,15H2,1H3,(H,28,30)/t18-/m0/s1. The number of rotatable bonds is 6. The highest BCUT2D eigenvalue weighted by molar-refractivity contribution is 5.75. The van der Waals surface area contributed by atoms with Gasteiger partial charge in [0.25, 0.3) is 0 Å². The Labute approximate surface area is 191 Å². The Kier molecular flexibility index (Phi) is 7.17. The summed E-state index contributed by atoms with van der Waals surface area (Å²) < 4.78 is 56.5. The number of hydrogen-bond acceptors (Lipinski definition) is 4. The molecule has 1 amide bonds. The molecule has 1 N–H and O–H groups in total. The molecule has 2 heterocycles. The van der Waals surface area contributed by atoms with E-state index in [0.717, 1.165) is 38.5 Å². The Morgan fingerprint density at radius 2 is 1.88 bits per heavy atom. The fourth-order valence-electron chi connectivity index (χ4n) is 4.61. The minimum absolute atomic E-state index is 0.0607. The van der Waals surface area contributed by atoms with Gasteiger partial charge in [-0.1, -0.05) is 31.4 Å². The van der Waals surface area contributed by atoms with E-state index in [9.17, 15) is 18.0 Å². The van der Waals surface area contributed by atoms with E-state index in [2.05, 4.69) is 10.1 Å². The molecule has 1 aliphatic carbocycles. The first-order chi connectivity index (χ1) is 15.8. The molecule has 1 atom stereocenters. The first kappa shape index (κ1) is 23.5. The van der Waals surface area contributed by atoms with Crippen molar-refractivity contribution >= 4 is 6.09 Å². The molecule has 1 aromatic carbocycles. The van der Waals surface area contributed by atoms with Crippen LogP contribution in [0.15, 0.2) is 30.3 Å². The van der Waals surface area contributed by atoms with E-state index >= 15 is 0 Å². The Hall–Kier alpha value is -2.68. The fourth-order valence-corrected chi connectivity index (χ4v) is 4.61. The van der Waals surface area contributed by atoms with Gasteiger partial charge in [-0.05, 0) is 44.7 Å². The number of amides is 1. The molecule has 180 valence electrons. The van der Waals surface area contributed by atoms with Gasteiger partial charge < -0.3 is 24.1 Å². The van der Waals surface area contributed by atoms with Crippen LogP contribution in [0.2, 0.25) is 0 Å². The Morgan fingerprint density at radius 3 is 2.58 bits per heavy atom. The van der Waals surface area contributed by atoms with Gasteiger partial charge in [0.1, 0.15) is 5.75 Å². The van der Waals surface area contributed by atoms with E-state index in [-0.39, 0.29) is 23.5 Å². The third-order valence-corrected chi connectivity index (χ3v) is 6.25. The molecule has 0 radical (unpaired) electrons. The van der Waals surface area contributed by atoms with Crippen LogP contribution < -0.4 is 14.8 Å². The topological polar surface area (TPSA) is 61.7 Å². The summed E-state index contributed by atoms with van der Waals surface area (Å²) in [4.78, 5) is 12.5. The summed E-state index contributed by atoms with van der Waals surface area (Å²) >= 11 is 0. The molecule has 0 bridgehead atoms. The van der Waals surface area contributed by atoms with Crippen molar-refractivity contribution in [1.82, 2.24) is 9.88 Å². The summed E-state index contributed by atoms with van der Waals surface area (Å²) in [5.74, 6) is -0.00702. The highest BCUT2D eigenvalue weighted by Gasteiger charge is 2.33. The molecular formula is C24H29F3N2O4. The van der Waals surface area contributed by atoms with Crippen molar-refractivity contribution in [1.29, 1.82) is 0 Å². The lowest BCUT2D eigenvalue weighted by Crippen LogP contribution is -2.38.